The summed E-state index contributed by atoms with van der Waals surface area (Å²) in [5, 5.41) is 12.5. The summed E-state index contributed by atoms with van der Waals surface area (Å²) in [6.07, 6.45) is 0. The van der Waals surface area contributed by atoms with Crippen LogP contribution in [0.1, 0.15) is 19.4 Å². The molecular formula is C15H22F2N2O2. The van der Waals surface area contributed by atoms with Crippen LogP contribution >= 0.6 is 0 Å². The molecular weight excluding hydrogens is 278 g/mol. The van der Waals surface area contributed by atoms with Crippen LogP contribution in [-0.2, 0) is 11.3 Å². The highest BCUT2D eigenvalue weighted by molar-refractivity contribution is 5.52. The van der Waals surface area contributed by atoms with Crippen molar-refractivity contribution in [2.75, 3.05) is 31.3 Å². The first-order chi connectivity index (χ1) is 10.0. The number of ether oxygens (including phenoxy) is 1. The van der Waals surface area contributed by atoms with Crippen molar-refractivity contribution in [2.45, 2.75) is 32.5 Å². The molecule has 2 rings (SSSR count). The molecule has 1 atom stereocenters. The molecule has 1 aliphatic heterocycles. The second-order valence-electron chi connectivity index (χ2n) is 5.55. The van der Waals surface area contributed by atoms with E-state index in [-0.39, 0.29) is 24.9 Å². The summed E-state index contributed by atoms with van der Waals surface area (Å²) < 4.78 is 33.8. The third-order valence-corrected chi connectivity index (χ3v) is 3.52. The fourth-order valence-corrected chi connectivity index (χ4v) is 2.42. The average Bonchev–Trinajstić information content (AvgIpc) is 2.45. The third-order valence-electron chi connectivity index (χ3n) is 3.52. The lowest BCUT2D eigenvalue weighted by atomic mass is 10.1. The van der Waals surface area contributed by atoms with Gasteiger partial charge < -0.3 is 20.1 Å². The van der Waals surface area contributed by atoms with Crippen molar-refractivity contribution in [3.8, 4) is 0 Å². The molecule has 1 aromatic carbocycles. The Labute approximate surface area is 123 Å². The van der Waals surface area contributed by atoms with Gasteiger partial charge in [0.05, 0.1) is 25.9 Å². The van der Waals surface area contributed by atoms with Crippen molar-refractivity contribution in [3.05, 3.63) is 29.3 Å². The molecule has 1 unspecified atom stereocenters. The van der Waals surface area contributed by atoms with Gasteiger partial charge in [-0.15, -0.1) is 0 Å². The summed E-state index contributed by atoms with van der Waals surface area (Å²) in [6, 6.07) is 2.52. The number of hydrogen-bond donors (Lipinski definition) is 2. The molecule has 0 aromatic heterocycles. The van der Waals surface area contributed by atoms with Crippen LogP contribution in [0.5, 0.6) is 0 Å². The fourth-order valence-electron chi connectivity index (χ4n) is 2.42. The van der Waals surface area contributed by atoms with Crippen LogP contribution in [0.25, 0.3) is 0 Å². The van der Waals surface area contributed by atoms with E-state index in [0.717, 1.165) is 0 Å². The lowest BCUT2D eigenvalue weighted by Gasteiger charge is -2.36. The zero-order chi connectivity index (χ0) is 15.4. The van der Waals surface area contributed by atoms with Gasteiger partial charge in [-0.05, 0) is 17.7 Å². The molecule has 1 fully saturated rings. The van der Waals surface area contributed by atoms with Gasteiger partial charge in [0, 0.05) is 19.1 Å². The zero-order valence-corrected chi connectivity index (χ0v) is 12.4. The molecule has 1 aromatic rings. The number of nitrogens with one attached hydrogen (secondary N) is 1. The summed E-state index contributed by atoms with van der Waals surface area (Å²) in [4.78, 5) is 1.55. The molecule has 6 heteroatoms. The molecule has 0 saturated carbocycles. The Morgan fingerprint density at radius 3 is 2.62 bits per heavy atom. The van der Waals surface area contributed by atoms with E-state index in [4.69, 9.17) is 4.74 Å². The topological polar surface area (TPSA) is 44.7 Å². The van der Waals surface area contributed by atoms with Gasteiger partial charge in [0.25, 0.3) is 0 Å². The Morgan fingerprint density at radius 2 is 2.05 bits per heavy atom. The van der Waals surface area contributed by atoms with Crippen LogP contribution in [0, 0.1) is 11.6 Å². The summed E-state index contributed by atoms with van der Waals surface area (Å²) in [6.45, 7) is 5.19. The number of aliphatic hydroxyl groups excluding tert-OH is 1. The first kappa shape index (κ1) is 16.1. The molecule has 0 spiro atoms. The third kappa shape index (κ3) is 3.90. The number of hydrogen-bond acceptors (Lipinski definition) is 4. The second-order valence-corrected chi connectivity index (χ2v) is 5.55. The Hall–Kier alpha value is -1.24. The van der Waals surface area contributed by atoms with Crippen LogP contribution in [0.4, 0.5) is 14.5 Å². The number of benzene rings is 1. The van der Waals surface area contributed by atoms with Crippen LogP contribution < -0.4 is 10.2 Å². The lowest BCUT2D eigenvalue weighted by molar-refractivity contribution is 0.0719. The first-order valence-corrected chi connectivity index (χ1v) is 7.19. The van der Waals surface area contributed by atoms with Gasteiger partial charge in [-0.2, -0.15) is 0 Å². The number of nitrogens with zero attached hydrogens (tertiary/aromatic N) is 1. The van der Waals surface area contributed by atoms with Gasteiger partial charge in [-0.1, -0.05) is 13.8 Å². The van der Waals surface area contributed by atoms with E-state index in [1.165, 1.54) is 12.1 Å². The van der Waals surface area contributed by atoms with Crippen molar-refractivity contribution >= 4 is 5.69 Å². The number of aliphatic hydroxyl groups is 1. The number of halogens is 2. The van der Waals surface area contributed by atoms with Gasteiger partial charge >= 0.3 is 0 Å². The molecule has 4 nitrogen and oxygen atoms in total. The molecule has 1 heterocycles. The monoisotopic (exact) mass is 300 g/mol. The SMILES string of the molecule is CC(C)NCc1cc(F)c(N2CCOCC2CO)c(F)c1. The predicted octanol–water partition coefficient (Wildman–Crippen LogP) is 1.66. The molecule has 0 radical (unpaired) electrons. The maximum atomic E-state index is 14.3. The number of rotatable bonds is 5. The highest BCUT2D eigenvalue weighted by atomic mass is 19.1. The van der Waals surface area contributed by atoms with E-state index >= 15 is 0 Å². The maximum absolute atomic E-state index is 14.3. The van der Waals surface area contributed by atoms with E-state index in [0.29, 0.717) is 25.3 Å². The standard InChI is InChI=1S/C15H22F2N2O2/c1-10(2)18-7-11-5-13(16)15(14(17)6-11)19-3-4-21-9-12(19)8-20/h5-6,10,12,18,20H,3-4,7-9H2,1-2H3. The number of morpholine rings is 1. The lowest BCUT2D eigenvalue weighted by Crippen LogP contribution is -2.48. The molecule has 0 amide bonds. The average molecular weight is 300 g/mol. The van der Waals surface area contributed by atoms with Gasteiger partial charge in [-0.25, -0.2) is 8.78 Å². The zero-order valence-electron chi connectivity index (χ0n) is 12.4. The Bertz CT molecular complexity index is 460. The van der Waals surface area contributed by atoms with Crippen LogP contribution in [0.3, 0.4) is 0 Å². The molecule has 1 saturated heterocycles. The van der Waals surface area contributed by atoms with Crippen LogP contribution in [0.2, 0.25) is 0 Å². The van der Waals surface area contributed by atoms with E-state index in [9.17, 15) is 13.9 Å². The highest BCUT2D eigenvalue weighted by Gasteiger charge is 2.27. The van der Waals surface area contributed by atoms with E-state index in [1.807, 2.05) is 13.8 Å². The Morgan fingerprint density at radius 1 is 1.38 bits per heavy atom. The van der Waals surface area contributed by atoms with Crippen molar-refractivity contribution in [1.29, 1.82) is 0 Å². The minimum Gasteiger partial charge on any atom is -0.394 e. The fraction of sp³-hybridized carbons (Fsp3) is 0.600. The van der Waals surface area contributed by atoms with Gasteiger partial charge in [0.15, 0.2) is 0 Å². The molecule has 1 aliphatic rings. The smallest absolute Gasteiger partial charge is 0.149 e. The van der Waals surface area contributed by atoms with Crippen LogP contribution in [-0.4, -0.2) is 43.6 Å². The highest BCUT2D eigenvalue weighted by Crippen LogP contribution is 2.28. The van der Waals surface area contributed by atoms with Crippen molar-refractivity contribution in [3.63, 3.8) is 0 Å². The van der Waals surface area contributed by atoms with E-state index < -0.39 is 17.7 Å². The Kier molecular flexibility index (Phi) is 5.50. The number of anilines is 1. The summed E-state index contributed by atoms with van der Waals surface area (Å²) in [7, 11) is 0. The summed E-state index contributed by atoms with van der Waals surface area (Å²) in [5.74, 6) is -1.20. The van der Waals surface area contributed by atoms with E-state index in [1.54, 1.807) is 4.90 Å². The van der Waals surface area contributed by atoms with E-state index in [2.05, 4.69) is 5.32 Å². The maximum Gasteiger partial charge on any atom is 0.149 e. The normalized spacial score (nSPS) is 19.3. The van der Waals surface area contributed by atoms with Crippen molar-refractivity contribution in [2.24, 2.45) is 0 Å². The predicted molar refractivity (Wildman–Crippen MR) is 77.4 cm³/mol. The quantitative estimate of drug-likeness (QED) is 0.868. The van der Waals surface area contributed by atoms with Gasteiger partial charge in [0.1, 0.15) is 17.3 Å². The van der Waals surface area contributed by atoms with Crippen LogP contribution in [0.15, 0.2) is 12.1 Å². The molecule has 21 heavy (non-hydrogen) atoms. The second kappa shape index (κ2) is 7.15. The minimum absolute atomic E-state index is 0.0781. The molecule has 0 aliphatic carbocycles. The van der Waals surface area contributed by atoms with Crippen molar-refractivity contribution < 1.29 is 18.6 Å². The first-order valence-electron chi connectivity index (χ1n) is 7.19. The minimum atomic E-state index is -0.601. The summed E-state index contributed by atoms with van der Waals surface area (Å²) >= 11 is 0. The largest absolute Gasteiger partial charge is 0.394 e. The van der Waals surface area contributed by atoms with Gasteiger partial charge in [-0.3, -0.25) is 0 Å². The molecule has 118 valence electrons. The van der Waals surface area contributed by atoms with Gasteiger partial charge in [0.2, 0.25) is 0 Å². The molecule has 0 bridgehead atoms. The molecule has 2 N–H and O–H groups in total. The van der Waals surface area contributed by atoms with Crippen molar-refractivity contribution in [1.82, 2.24) is 5.32 Å². The Balaban J connectivity index is 2.23. The summed E-state index contributed by atoms with van der Waals surface area (Å²) in [5.41, 5.74) is 0.488.